The number of carbonyl (C=O) groups excluding carboxylic acids is 2. The Balaban J connectivity index is 1.84. The number of piperidine rings is 1. The predicted octanol–water partition coefficient (Wildman–Crippen LogP) is 0.282. The molecule has 2 heterocycles. The first-order valence-electron chi connectivity index (χ1n) is 6.53. The molecule has 2 aliphatic heterocycles. The van der Waals surface area contributed by atoms with Gasteiger partial charge in [0, 0.05) is 18.5 Å². The molecule has 0 aromatic heterocycles. The quantitative estimate of drug-likeness (QED) is 0.762. The number of fused-ring (bicyclic) bond motifs is 1. The lowest BCUT2D eigenvalue weighted by Gasteiger charge is -2.40. The molecule has 1 aromatic carbocycles. The molecule has 0 radical (unpaired) electrons. The van der Waals surface area contributed by atoms with Crippen LogP contribution in [0.25, 0.3) is 0 Å². The summed E-state index contributed by atoms with van der Waals surface area (Å²) in [4.78, 5) is 25.3. The van der Waals surface area contributed by atoms with Gasteiger partial charge < -0.3 is 15.3 Å². The van der Waals surface area contributed by atoms with E-state index in [0.717, 1.165) is 12.0 Å². The van der Waals surface area contributed by atoms with Gasteiger partial charge in [-0.25, -0.2) is 0 Å². The molecule has 0 saturated carbocycles. The highest BCUT2D eigenvalue weighted by Gasteiger charge is 2.36. The molecular formula is C14H16N2O3. The number of rotatable bonds is 1. The van der Waals surface area contributed by atoms with E-state index in [1.807, 2.05) is 24.3 Å². The number of benzene rings is 1. The first-order chi connectivity index (χ1) is 9.16. The summed E-state index contributed by atoms with van der Waals surface area (Å²) in [6.07, 6.45) is 0.697. The lowest BCUT2D eigenvalue weighted by atomic mass is 9.95. The van der Waals surface area contributed by atoms with Gasteiger partial charge in [-0.2, -0.15) is 0 Å². The lowest BCUT2D eigenvalue weighted by molar-refractivity contribution is -0.129. The molecule has 3 rings (SSSR count). The topological polar surface area (TPSA) is 69.6 Å². The summed E-state index contributed by atoms with van der Waals surface area (Å²) < 4.78 is 0. The van der Waals surface area contributed by atoms with Crippen LogP contribution in [-0.4, -0.2) is 40.6 Å². The highest BCUT2D eigenvalue weighted by atomic mass is 16.3. The van der Waals surface area contributed by atoms with Crippen LogP contribution < -0.4 is 5.32 Å². The Morgan fingerprint density at radius 3 is 2.79 bits per heavy atom. The van der Waals surface area contributed by atoms with E-state index in [0.29, 0.717) is 24.9 Å². The summed E-state index contributed by atoms with van der Waals surface area (Å²) in [5.74, 6) is -0.212. The molecule has 2 amide bonds. The zero-order valence-electron chi connectivity index (χ0n) is 10.5. The lowest BCUT2D eigenvalue weighted by Crippen LogP contribution is -2.58. The molecule has 19 heavy (non-hydrogen) atoms. The number of nitrogens with one attached hydrogen (secondary N) is 1. The summed E-state index contributed by atoms with van der Waals surface area (Å²) in [5, 5.41) is 12.4. The van der Waals surface area contributed by atoms with E-state index in [1.165, 1.54) is 0 Å². The van der Waals surface area contributed by atoms with Crippen molar-refractivity contribution in [2.75, 3.05) is 6.54 Å². The van der Waals surface area contributed by atoms with E-state index >= 15 is 0 Å². The molecule has 2 atom stereocenters. The number of carbonyl (C=O) groups is 2. The smallest absolute Gasteiger partial charge is 0.254 e. The van der Waals surface area contributed by atoms with Crippen molar-refractivity contribution in [2.24, 2.45) is 0 Å². The van der Waals surface area contributed by atoms with Gasteiger partial charge in [0.2, 0.25) is 5.91 Å². The van der Waals surface area contributed by atoms with Crippen LogP contribution in [0.2, 0.25) is 0 Å². The number of hydrogen-bond acceptors (Lipinski definition) is 3. The van der Waals surface area contributed by atoms with Gasteiger partial charge in [0.15, 0.2) is 0 Å². The van der Waals surface area contributed by atoms with Gasteiger partial charge in [-0.3, -0.25) is 9.59 Å². The fraction of sp³-hybridized carbons (Fsp3) is 0.429. The molecular weight excluding hydrogens is 244 g/mol. The van der Waals surface area contributed by atoms with Crippen LogP contribution in [0.5, 0.6) is 0 Å². The first kappa shape index (κ1) is 12.2. The minimum atomic E-state index is -0.963. The van der Waals surface area contributed by atoms with Gasteiger partial charge >= 0.3 is 0 Å². The minimum absolute atomic E-state index is 0.0537. The van der Waals surface area contributed by atoms with Crippen LogP contribution in [0.1, 0.15) is 28.8 Å². The summed E-state index contributed by atoms with van der Waals surface area (Å²) in [6.45, 7) is 0.591. The minimum Gasteiger partial charge on any atom is -0.372 e. The van der Waals surface area contributed by atoms with Gasteiger partial charge in [0.25, 0.3) is 5.91 Å². The van der Waals surface area contributed by atoms with Crippen LogP contribution >= 0.6 is 0 Å². The third kappa shape index (κ3) is 2.10. The van der Waals surface area contributed by atoms with E-state index in [-0.39, 0.29) is 17.9 Å². The van der Waals surface area contributed by atoms with Crippen molar-refractivity contribution >= 4 is 11.8 Å². The predicted molar refractivity (Wildman–Crippen MR) is 68.4 cm³/mol. The fourth-order valence-electron chi connectivity index (χ4n) is 2.86. The second-order valence-corrected chi connectivity index (χ2v) is 5.02. The van der Waals surface area contributed by atoms with Crippen LogP contribution in [0, 0.1) is 0 Å². The zero-order chi connectivity index (χ0) is 13.4. The van der Waals surface area contributed by atoms with Gasteiger partial charge in [-0.1, -0.05) is 18.2 Å². The van der Waals surface area contributed by atoms with E-state index in [1.54, 1.807) is 4.90 Å². The first-order valence-corrected chi connectivity index (χ1v) is 6.53. The van der Waals surface area contributed by atoms with E-state index in [4.69, 9.17) is 0 Å². The Labute approximate surface area is 111 Å². The van der Waals surface area contributed by atoms with Crippen LogP contribution in [0.3, 0.4) is 0 Å². The molecule has 0 aliphatic carbocycles. The molecule has 5 nitrogen and oxygen atoms in total. The average molecular weight is 260 g/mol. The number of aliphatic hydroxyl groups is 1. The Morgan fingerprint density at radius 2 is 2.00 bits per heavy atom. The summed E-state index contributed by atoms with van der Waals surface area (Å²) in [6, 6.07) is 7.23. The monoisotopic (exact) mass is 260 g/mol. The fourth-order valence-corrected chi connectivity index (χ4v) is 2.86. The molecule has 0 bridgehead atoms. The van der Waals surface area contributed by atoms with E-state index < -0.39 is 6.23 Å². The standard InChI is InChI=1S/C14H16N2O3/c17-12-6-5-11(13(18)15-12)16-8-7-9-3-1-2-4-10(9)14(16)19/h1-4,11,13,18H,5-8H2,(H,15,17)/t11-,13?/m1/s1. The Morgan fingerprint density at radius 1 is 1.21 bits per heavy atom. The van der Waals surface area contributed by atoms with Crippen LogP contribution in [0.15, 0.2) is 24.3 Å². The molecule has 0 spiro atoms. The zero-order valence-corrected chi connectivity index (χ0v) is 10.5. The van der Waals surface area contributed by atoms with Crippen molar-refractivity contribution in [3.8, 4) is 0 Å². The van der Waals surface area contributed by atoms with Crippen LogP contribution in [-0.2, 0) is 11.2 Å². The summed E-state index contributed by atoms with van der Waals surface area (Å²) >= 11 is 0. The maximum absolute atomic E-state index is 12.4. The van der Waals surface area contributed by atoms with Crippen molar-refractivity contribution < 1.29 is 14.7 Å². The molecule has 2 aliphatic rings. The number of nitrogens with zero attached hydrogens (tertiary/aromatic N) is 1. The summed E-state index contributed by atoms with van der Waals surface area (Å²) in [5.41, 5.74) is 1.76. The van der Waals surface area contributed by atoms with Crippen LogP contribution in [0.4, 0.5) is 0 Å². The van der Waals surface area contributed by atoms with Gasteiger partial charge in [-0.15, -0.1) is 0 Å². The third-order valence-corrected chi connectivity index (χ3v) is 3.87. The SMILES string of the molecule is O=C1CC[C@@H](N2CCc3ccccc3C2=O)C(O)N1. The van der Waals surface area contributed by atoms with Crippen molar-refractivity contribution in [1.29, 1.82) is 0 Å². The molecule has 5 heteroatoms. The van der Waals surface area contributed by atoms with E-state index in [9.17, 15) is 14.7 Å². The van der Waals surface area contributed by atoms with Gasteiger partial charge in [0.1, 0.15) is 6.23 Å². The van der Waals surface area contributed by atoms with Crippen molar-refractivity contribution in [2.45, 2.75) is 31.5 Å². The van der Waals surface area contributed by atoms with Gasteiger partial charge in [-0.05, 0) is 24.5 Å². The van der Waals surface area contributed by atoms with Crippen molar-refractivity contribution in [3.05, 3.63) is 35.4 Å². The Kier molecular flexibility index (Phi) is 2.98. The second kappa shape index (κ2) is 4.66. The molecule has 1 unspecified atom stereocenters. The molecule has 1 fully saturated rings. The second-order valence-electron chi connectivity index (χ2n) is 5.02. The third-order valence-electron chi connectivity index (χ3n) is 3.87. The molecule has 2 N–H and O–H groups in total. The highest BCUT2D eigenvalue weighted by Crippen LogP contribution is 2.24. The van der Waals surface area contributed by atoms with Crippen molar-refractivity contribution in [3.63, 3.8) is 0 Å². The normalized spacial score (nSPS) is 26.9. The number of hydrogen-bond donors (Lipinski definition) is 2. The highest BCUT2D eigenvalue weighted by molar-refractivity contribution is 5.97. The van der Waals surface area contributed by atoms with Crippen molar-refractivity contribution in [1.82, 2.24) is 10.2 Å². The number of amides is 2. The Bertz CT molecular complexity index is 529. The van der Waals surface area contributed by atoms with Gasteiger partial charge in [0.05, 0.1) is 6.04 Å². The number of aliphatic hydroxyl groups excluding tert-OH is 1. The molecule has 100 valence electrons. The van der Waals surface area contributed by atoms with E-state index in [2.05, 4.69) is 5.32 Å². The summed E-state index contributed by atoms with van der Waals surface area (Å²) in [7, 11) is 0. The maximum Gasteiger partial charge on any atom is 0.254 e. The Hall–Kier alpha value is -1.88. The maximum atomic E-state index is 12.4. The largest absolute Gasteiger partial charge is 0.372 e. The molecule has 1 saturated heterocycles. The molecule has 1 aromatic rings. The average Bonchev–Trinajstić information content (AvgIpc) is 2.41.